The van der Waals surface area contributed by atoms with Crippen LogP contribution in [-0.2, 0) is 0 Å². The van der Waals surface area contributed by atoms with Crippen molar-refractivity contribution in [1.29, 1.82) is 0 Å². The van der Waals surface area contributed by atoms with Crippen LogP contribution in [-0.4, -0.2) is 0 Å². The van der Waals surface area contributed by atoms with Gasteiger partial charge in [0.1, 0.15) is 0 Å². The summed E-state index contributed by atoms with van der Waals surface area (Å²) in [6, 6.07) is 16.2. The standard InChI is InChI=1S/C16H13Cl2NS/c17-13-6-4-11(5-7-13)16-15(8-9-20-19-16)12-2-1-3-14(18)10-12/h1-10,15-16,19H/t15-,16-/m1/s1. The summed E-state index contributed by atoms with van der Waals surface area (Å²) in [6.07, 6.45) is 2.21. The molecule has 2 aromatic rings. The fourth-order valence-electron chi connectivity index (χ4n) is 2.38. The number of nitrogens with one attached hydrogen (secondary N) is 1. The van der Waals surface area contributed by atoms with Gasteiger partial charge in [-0.15, -0.1) is 0 Å². The molecule has 0 saturated heterocycles. The average Bonchev–Trinajstić information content (AvgIpc) is 2.48. The van der Waals surface area contributed by atoms with Gasteiger partial charge in [0.25, 0.3) is 0 Å². The van der Waals surface area contributed by atoms with Crippen molar-refractivity contribution in [3.8, 4) is 0 Å². The minimum Gasteiger partial charge on any atom is -0.252 e. The van der Waals surface area contributed by atoms with Crippen LogP contribution in [0.2, 0.25) is 10.0 Å². The molecule has 0 saturated carbocycles. The molecule has 20 heavy (non-hydrogen) atoms. The summed E-state index contributed by atoms with van der Waals surface area (Å²) < 4.78 is 3.47. The Morgan fingerprint density at radius 3 is 2.45 bits per heavy atom. The monoisotopic (exact) mass is 321 g/mol. The predicted octanol–water partition coefficient (Wildman–Crippen LogP) is 5.58. The van der Waals surface area contributed by atoms with Gasteiger partial charge in [-0.25, -0.2) is 0 Å². The lowest BCUT2D eigenvalue weighted by molar-refractivity contribution is 0.602. The molecule has 4 heteroatoms. The Morgan fingerprint density at radius 1 is 0.900 bits per heavy atom. The third-order valence-corrected chi connectivity index (χ3v) is 4.54. The first-order valence-electron chi connectivity index (χ1n) is 6.33. The summed E-state index contributed by atoms with van der Waals surface area (Å²) in [6.45, 7) is 0. The second-order valence-electron chi connectivity index (χ2n) is 4.67. The number of hydrogen-bond acceptors (Lipinski definition) is 2. The smallest absolute Gasteiger partial charge is 0.0528 e. The molecule has 3 rings (SSSR count). The minimum absolute atomic E-state index is 0.209. The molecule has 2 atom stereocenters. The van der Waals surface area contributed by atoms with Crippen LogP contribution in [0, 0.1) is 0 Å². The number of hydrogen-bond donors (Lipinski definition) is 1. The number of halogens is 2. The molecular formula is C16H13Cl2NS. The quantitative estimate of drug-likeness (QED) is 0.724. The molecule has 0 radical (unpaired) electrons. The van der Waals surface area contributed by atoms with Crippen LogP contribution in [0.4, 0.5) is 0 Å². The lowest BCUT2D eigenvalue weighted by atomic mass is 9.87. The van der Waals surface area contributed by atoms with Crippen LogP contribution in [0.15, 0.2) is 60.0 Å². The van der Waals surface area contributed by atoms with Crippen molar-refractivity contribution in [3.05, 3.63) is 81.2 Å². The van der Waals surface area contributed by atoms with Gasteiger partial charge in [0.2, 0.25) is 0 Å². The summed E-state index contributed by atoms with van der Waals surface area (Å²) in [5.41, 5.74) is 2.43. The third kappa shape index (κ3) is 3.04. The van der Waals surface area contributed by atoms with E-state index in [1.54, 1.807) is 11.9 Å². The zero-order chi connectivity index (χ0) is 13.9. The van der Waals surface area contributed by atoms with Gasteiger partial charge in [-0.3, -0.25) is 4.72 Å². The van der Waals surface area contributed by atoms with Crippen LogP contribution in [0.1, 0.15) is 23.1 Å². The van der Waals surface area contributed by atoms with Gasteiger partial charge in [-0.05, 0) is 40.8 Å². The van der Waals surface area contributed by atoms with Crippen molar-refractivity contribution in [3.63, 3.8) is 0 Å². The van der Waals surface area contributed by atoms with Gasteiger partial charge < -0.3 is 0 Å². The highest BCUT2D eigenvalue weighted by Gasteiger charge is 2.25. The molecule has 0 aromatic heterocycles. The molecule has 0 unspecified atom stereocenters. The molecule has 2 aromatic carbocycles. The summed E-state index contributed by atoms with van der Waals surface area (Å²) in [7, 11) is 0. The van der Waals surface area contributed by atoms with E-state index in [0.717, 1.165) is 10.0 Å². The molecule has 0 amide bonds. The molecular weight excluding hydrogens is 309 g/mol. The molecule has 0 aliphatic carbocycles. The minimum atomic E-state index is 0.209. The topological polar surface area (TPSA) is 12.0 Å². The maximum atomic E-state index is 6.11. The Bertz CT molecular complexity index is 625. The highest BCUT2D eigenvalue weighted by Crippen LogP contribution is 2.38. The molecule has 0 bridgehead atoms. The number of rotatable bonds is 2. The first-order chi connectivity index (χ1) is 9.74. The van der Waals surface area contributed by atoms with E-state index in [1.165, 1.54) is 11.1 Å². The highest BCUT2D eigenvalue weighted by molar-refractivity contribution is 8.00. The summed E-state index contributed by atoms with van der Waals surface area (Å²) in [4.78, 5) is 0. The van der Waals surface area contributed by atoms with E-state index in [2.05, 4.69) is 34.4 Å². The number of benzene rings is 2. The van der Waals surface area contributed by atoms with Crippen LogP contribution in [0.3, 0.4) is 0 Å². The Balaban J connectivity index is 1.96. The Kier molecular flexibility index (Phi) is 4.37. The van der Waals surface area contributed by atoms with E-state index in [4.69, 9.17) is 23.2 Å². The second kappa shape index (κ2) is 6.23. The maximum Gasteiger partial charge on any atom is 0.0528 e. The van der Waals surface area contributed by atoms with Crippen molar-refractivity contribution < 1.29 is 0 Å². The summed E-state index contributed by atoms with van der Waals surface area (Å²) in [5, 5.41) is 3.61. The van der Waals surface area contributed by atoms with Gasteiger partial charge in [-0.1, -0.05) is 65.5 Å². The Morgan fingerprint density at radius 2 is 1.70 bits per heavy atom. The fraction of sp³-hybridized carbons (Fsp3) is 0.125. The lowest BCUT2D eigenvalue weighted by Gasteiger charge is -2.29. The first-order valence-corrected chi connectivity index (χ1v) is 7.96. The first kappa shape index (κ1) is 14.0. The average molecular weight is 322 g/mol. The van der Waals surface area contributed by atoms with E-state index in [1.807, 2.05) is 30.3 Å². The second-order valence-corrected chi connectivity index (χ2v) is 6.29. The van der Waals surface area contributed by atoms with Crippen molar-refractivity contribution in [2.24, 2.45) is 0 Å². The largest absolute Gasteiger partial charge is 0.252 e. The van der Waals surface area contributed by atoms with E-state index in [9.17, 15) is 0 Å². The predicted molar refractivity (Wildman–Crippen MR) is 88.3 cm³/mol. The van der Waals surface area contributed by atoms with Crippen molar-refractivity contribution >= 4 is 35.1 Å². The molecule has 1 nitrogen and oxygen atoms in total. The molecule has 1 heterocycles. The molecule has 0 fully saturated rings. The fourth-order valence-corrected chi connectivity index (χ4v) is 3.46. The van der Waals surface area contributed by atoms with Crippen molar-refractivity contribution in [1.82, 2.24) is 4.72 Å². The van der Waals surface area contributed by atoms with Gasteiger partial charge in [0.15, 0.2) is 0 Å². The highest BCUT2D eigenvalue weighted by atomic mass is 35.5. The molecule has 1 N–H and O–H groups in total. The SMILES string of the molecule is Clc1ccc([C@H]2NSC=C[C@@H]2c2cccc(Cl)c2)cc1. The summed E-state index contributed by atoms with van der Waals surface area (Å²) in [5.74, 6) is 0.260. The van der Waals surface area contributed by atoms with Gasteiger partial charge >= 0.3 is 0 Å². The van der Waals surface area contributed by atoms with Gasteiger partial charge in [0.05, 0.1) is 6.04 Å². The van der Waals surface area contributed by atoms with Crippen LogP contribution in [0.25, 0.3) is 0 Å². The van der Waals surface area contributed by atoms with Gasteiger partial charge in [-0.2, -0.15) is 0 Å². The zero-order valence-corrected chi connectivity index (χ0v) is 12.9. The molecule has 1 aliphatic heterocycles. The third-order valence-electron chi connectivity index (χ3n) is 3.37. The summed E-state index contributed by atoms with van der Waals surface area (Å²) >= 11 is 13.7. The normalized spacial score (nSPS) is 21.9. The van der Waals surface area contributed by atoms with E-state index >= 15 is 0 Å². The van der Waals surface area contributed by atoms with Crippen LogP contribution in [0.5, 0.6) is 0 Å². The Hall–Kier alpha value is -0.930. The van der Waals surface area contributed by atoms with Crippen molar-refractivity contribution in [2.75, 3.05) is 0 Å². The van der Waals surface area contributed by atoms with Gasteiger partial charge in [0, 0.05) is 16.0 Å². The molecule has 102 valence electrons. The van der Waals surface area contributed by atoms with E-state index in [0.29, 0.717) is 0 Å². The maximum absolute atomic E-state index is 6.11. The zero-order valence-electron chi connectivity index (χ0n) is 10.6. The van der Waals surface area contributed by atoms with Crippen LogP contribution >= 0.6 is 35.1 Å². The van der Waals surface area contributed by atoms with Crippen LogP contribution < -0.4 is 4.72 Å². The Labute approximate surface area is 133 Å². The molecule has 1 aliphatic rings. The van der Waals surface area contributed by atoms with Crippen molar-refractivity contribution in [2.45, 2.75) is 12.0 Å². The van der Waals surface area contributed by atoms with E-state index < -0.39 is 0 Å². The lowest BCUT2D eigenvalue weighted by Crippen LogP contribution is -2.23. The van der Waals surface area contributed by atoms with E-state index in [-0.39, 0.29) is 12.0 Å². The molecule has 0 spiro atoms.